The van der Waals surface area contributed by atoms with Gasteiger partial charge in [-0.05, 0) is 47.7 Å². The van der Waals surface area contributed by atoms with E-state index in [0.29, 0.717) is 34.7 Å². The van der Waals surface area contributed by atoms with E-state index >= 15 is 0 Å². The molecule has 0 unspecified atom stereocenters. The maximum absolute atomic E-state index is 13.6. The largest absolute Gasteiger partial charge is 0.480 e. The highest BCUT2D eigenvalue weighted by molar-refractivity contribution is 7.93. The average Bonchev–Trinajstić information content (AvgIpc) is 2.93. The number of nitrogens with zero attached hydrogens (tertiary/aromatic N) is 1. The van der Waals surface area contributed by atoms with Gasteiger partial charge in [0.25, 0.3) is 10.0 Å². The lowest BCUT2D eigenvalue weighted by Crippen LogP contribution is -2.36. The minimum absolute atomic E-state index is 0.0238. The maximum Gasteiger partial charge on any atom is 0.324 e. The van der Waals surface area contributed by atoms with Gasteiger partial charge in [0.2, 0.25) is 0 Å². The van der Waals surface area contributed by atoms with Crippen LogP contribution in [0, 0.1) is 0 Å². The Morgan fingerprint density at radius 1 is 0.825 bits per heavy atom. The molecule has 0 atom stereocenters. The van der Waals surface area contributed by atoms with Gasteiger partial charge < -0.3 is 5.11 Å². The van der Waals surface area contributed by atoms with E-state index in [9.17, 15) is 27.9 Å². The quantitative estimate of drug-likeness (QED) is 0.190. The lowest BCUT2D eigenvalue weighted by Gasteiger charge is -2.25. The SMILES string of the molecule is CCC(=O)c1cccc(CCC(=O)c2cccc3c(N(CC(=O)O)S(=O)(=O)c4cc(Cl)cc(Cl)c4)cccc23)c1. The van der Waals surface area contributed by atoms with E-state index in [4.69, 9.17) is 23.2 Å². The molecule has 0 spiro atoms. The van der Waals surface area contributed by atoms with E-state index in [1.165, 1.54) is 24.3 Å². The zero-order valence-corrected chi connectivity index (χ0v) is 23.8. The monoisotopic (exact) mass is 597 g/mol. The summed E-state index contributed by atoms with van der Waals surface area (Å²) in [6.07, 6.45) is 0.958. The molecule has 40 heavy (non-hydrogen) atoms. The predicted molar refractivity (Wildman–Crippen MR) is 156 cm³/mol. The molecule has 0 saturated heterocycles. The third-order valence-corrected chi connectivity index (χ3v) is 8.56. The first-order valence-corrected chi connectivity index (χ1v) is 14.6. The summed E-state index contributed by atoms with van der Waals surface area (Å²) in [6, 6.07) is 20.6. The third-order valence-electron chi connectivity index (χ3n) is 6.38. The molecule has 0 saturated carbocycles. The van der Waals surface area contributed by atoms with Crippen molar-refractivity contribution in [3.63, 3.8) is 0 Å². The van der Waals surface area contributed by atoms with Crippen molar-refractivity contribution in [1.29, 1.82) is 0 Å². The molecule has 0 fully saturated rings. The minimum Gasteiger partial charge on any atom is -0.480 e. The van der Waals surface area contributed by atoms with Gasteiger partial charge in [-0.1, -0.05) is 78.7 Å². The normalized spacial score (nSPS) is 11.4. The van der Waals surface area contributed by atoms with Gasteiger partial charge in [-0.15, -0.1) is 0 Å². The van der Waals surface area contributed by atoms with Crippen LogP contribution in [0.5, 0.6) is 0 Å². The first-order chi connectivity index (χ1) is 19.0. The summed E-state index contributed by atoms with van der Waals surface area (Å²) in [6.45, 7) is 0.927. The van der Waals surface area contributed by atoms with Gasteiger partial charge in [-0.3, -0.25) is 18.7 Å². The number of fused-ring (bicyclic) bond motifs is 1. The molecule has 0 amide bonds. The number of ketones is 2. The lowest BCUT2D eigenvalue weighted by molar-refractivity contribution is -0.135. The zero-order chi connectivity index (χ0) is 29.0. The molecule has 0 heterocycles. The number of anilines is 1. The van der Waals surface area contributed by atoms with Crippen molar-refractivity contribution in [3.8, 4) is 0 Å². The van der Waals surface area contributed by atoms with Crippen LogP contribution in [0.2, 0.25) is 10.0 Å². The van der Waals surface area contributed by atoms with Gasteiger partial charge in [-0.25, -0.2) is 8.42 Å². The Labute approximate surface area is 242 Å². The van der Waals surface area contributed by atoms with E-state index in [1.54, 1.807) is 55.5 Å². The summed E-state index contributed by atoms with van der Waals surface area (Å²) in [5.74, 6) is -1.52. The number of halogens is 2. The number of carbonyl (C=O) groups is 3. The number of carboxylic acids is 1. The van der Waals surface area contributed by atoms with E-state index in [1.807, 2.05) is 6.07 Å². The molecule has 0 aliphatic heterocycles. The molecule has 0 aliphatic carbocycles. The first kappa shape index (κ1) is 29.3. The van der Waals surface area contributed by atoms with Crippen LogP contribution in [0.1, 0.15) is 46.0 Å². The Balaban J connectivity index is 1.72. The number of benzene rings is 4. The van der Waals surface area contributed by atoms with Gasteiger partial charge in [0.15, 0.2) is 11.6 Å². The fraction of sp³-hybridized carbons (Fsp3) is 0.167. The molecule has 10 heteroatoms. The van der Waals surface area contributed by atoms with Gasteiger partial charge in [0.05, 0.1) is 10.6 Å². The van der Waals surface area contributed by atoms with Crippen molar-refractivity contribution in [2.45, 2.75) is 31.1 Å². The van der Waals surface area contributed by atoms with Crippen LogP contribution in [-0.2, 0) is 21.2 Å². The van der Waals surface area contributed by atoms with Crippen molar-refractivity contribution in [2.75, 3.05) is 10.8 Å². The summed E-state index contributed by atoms with van der Waals surface area (Å²) >= 11 is 12.1. The Morgan fingerprint density at radius 2 is 1.48 bits per heavy atom. The number of aryl methyl sites for hydroxylation is 1. The summed E-state index contributed by atoms with van der Waals surface area (Å²) in [7, 11) is -4.41. The molecule has 206 valence electrons. The molecule has 0 radical (unpaired) electrons. The second kappa shape index (κ2) is 12.2. The van der Waals surface area contributed by atoms with Crippen LogP contribution in [0.3, 0.4) is 0 Å². The summed E-state index contributed by atoms with van der Waals surface area (Å²) in [5, 5.41) is 10.6. The van der Waals surface area contributed by atoms with Gasteiger partial charge in [0.1, 0.15) is 6.54 Å². The number of rotatable bonds is 11. The Kier molecular flexibility index (Phi) is 8.93. The molecule has 4 aromatic carbocycles. The molecule has 4 rings (SSSR count). The molecule has 0 aliphatic rings. The van der Waals surface area contributed by atoms with Crippen LogP contribution in [0.25, 0.3) is 10.8 Å². The van der Waals surface area contributed by atoms with E-state index in [2.05, 4.69) is 0 Å². The maximum atomic E-state index is 13.6. The zero-order valence-electron chi connectivity index (χ0n) is 21.4. The van der Waals surface area contributed by atoms with Gasteiger partial charge in [0, 0.05) is 39.4 Å². The van der Waals surface area contributed by atoms with Crippen LogP contribution in [0.15, 0.2) is 83.8 Å². The second-order valence-electron chi connectivity index (χ2n) is 9.09. The fourth-order valence-electron chi connectivity index (χ4n) is 4.48. The van der Waals surface area contributed by atoms with Gasteiger partial charge in [-0.2, -0.15) is 0 Å². The number of hydrogen-bond acceptors (Lipinski definition) is 5. The van der Waals surface area contributed by atoms with E-state index in [0.717, 1.165) is 9.87 Å². The number of carboxylic acid groups (broad SMARTS) is 1. The second-order valence-corrected chi connectivity index (χ2v) is 11.8. The fourth-order valence-corrected chi connectivity index (χ4v) is 6.64. The van der Waals surface area contributed by atoms with Crippen LogP contribution >= 0.6 is 23.2 Å². The lowest BCUT2D eigenvalue weighted by atomic mass is 9.96. The molecule has 7 nitrogen and oxygen atoms in total. The topological polar surface area (TPSA) is 109 Å². The molecule has 1 N–H and O–H groups in total. The first-order valence-electron chi connectivity index (χ1n) is 12.4. The molecule has 0 bridgehead atoms. The Bertz CT molecular complexity index is 1720. The highest BCUT2D eigenvalue weighted by Crippen LogP contribution is 2.34. The molecule has 0 aromatic heterocycles. The Morgan fingerprint density at radius 3 is 2.15 bits per heavy atom. The van der Waals surface area contributed by atoms with Crippen LogP contribution < -0.4 is 4.31 Å². The highest BCUT2D eigenvalue weighted by atomic mass is 35.5. The Hall–Kier alpha value is -3.72. The number of Topliss-reactive ketones (excluding diaryl/α,β-unsaturated/α-hetero) is 2. The van der Waals surface area contributed by atoms with Crippen molar-refractivity contribution in [1.82, 2.24) is 0 Å². The smallest absolute Gasteiger partial charge is 0.324 e. The summed E-state index contributed by atoms with van der Waals surface area (Å²) in [4.78, 5) is 36.9. The number of hydrogen-bond donors (Lipinski definition) is 1. The predicted octanol–water partition coefficient (Wildman–Crippen LogP) is 6.83. The van der Waals surface area contributed by atoms with Crippen molar-refractivity contribution < 1.29 is 27.9 Å². The standard InChI is InChI=1S/C30H25Cl2NO6S/c1-2-28(34)20-7-3-6-19(14-20)12-13-29(35)26-10-4-9-25-24(26)8-5-11-27(25)33(18-30(36)37)40(38,39)23-16-21(31)15-22(32)17-23/h3-11,14-17H,2,12-13,18H2,1H3,(H,36,37). The van der Waals surface area contributed by atoms with Crippen molar-refractivity contribution in [3.05, 3.63) is 106 Å². The van der Waals surface area contributed by atoms with Gasteiger partial charge >= 0.3 is 5.97 Å². The van der Waals surface area contributed by atoms with Crippen LogP contribution in [-0.4, -0.2) is 37.6 Å². The molecular formula is C30H25Cl2NO6S. The summed E-state index contributed by atoms with van der Waals surface area (Å²) in [5.41, 5.74) is 1.92. The third kappa shape index (κ3) is 6.36. The summed E-state index contributed by atoms with van der Waals surface area (Å²) < 4.78 is 28.1. The van der Waals surface area contributed by atoms with E-state index in [-0.39, 0.29) is 38.6 Å². The van der Waals surface area contributed by atoms with Crippen LogP contribution in [0.4, 0.5) is 5.69 Å². The van der Waals surface area contributed by atoms with E-state index < -0.39 is 22.5 Å². The number of carbonyl (C=O) groups excluding carboxylic acids is 2. The number of aliphatic carboxylic acids is 1. The molecular weight excluding hydrogens is 573 g/mol. The molecule has 4 aromatic rings. The average molecular weight is 599 g/mol. The minimum atomic E-state index is -4.41. The highest BCUT2D eigenvalue weighted by Gasteiger charge is 2.29. The van der Waals surface area contributed by atoms with Crippen molar-refractivity contribution in [2.24, 2.45) is 0 Å². The van der Waals surface area contributed by atoms with Crippen molar-refractivity contribution >= 4 is 67.2 Å². The number of sulfonamides is 1.